The number of Topliss-reactive ketones (excluding diaryl/α,β-unsaturated/α-hetero) is 3. The summed E-state index contributed by atoms with van der Waals surface area (Å²) in [7, 11) is 6.98. The molecule has 1 aromatic carbocycles. The first-order valence-electron chi connectivity index (χ1n) is 58.8. The zero-order valence-corrected chi connectivity index (χ0v) is 91.3. The third kappa shape index (κ3) is 19.3. The Balaban J connectivity index is 0.000000121. The molecule has 786 valence electrons. The van der Waals surface area contributed by atoms with Gasteiger partial charge in [-0.1, -0.05) is 128 Å². The maximum Gasteiger partial charge on any atom is 0.305 e. The van der Waals surface area contributed by atoms with Crippen LogP contribution in [0.25, 0.3) is 0 Å². The summed E-state index contributed by atoms with van der Waals surface area (Å²) in [4.78, 5) is 87.7. The first-order valence-corrected chi connectivity index (χ1v) is 58.8. The van der Waals surface area contributed by atoms with Crippen molar-refractivity contribution in [3.63, 3.8) is 0 Å². The van der Waals surface area contributed by atoms with Crippen LogP contribution >= 0.6 is 0 Å². The van der Waals surface area contributed by atoms with Gasteiger partial charge in [0.05, 0.1) is 38.6 Å². The van der Waals surface area contributed by atoms with Gasteiger partial charge in [-0.3, -0.25) is 33.6 Å². The fourth-order valence-corrected chi connectivity index (χ4v) is 41.6. The molecule has 21 rings (SSSR count). The van der Waals surface area contributed by atoms with E-state index >= 15 is 0 Å². The van der Waals surface area contributed by atoms with E-state index in [4.69, 9.17) is 14.2 Å². The van der Waals surface area contributed by atoms with E-state index in [-0.39, 0.29) is 105 Å². The highest BCUT2D eigenvalue weighted by Crippen LogP contribution is 2.75. The molecule has 20 aliphatic rings. The number of methoxy groups -OCH3 is 2. The molecule has 16 nitrogen and oxygen atoms in total. The monoisotopic (exact) mass is 1940 g/mol. The smallest absolute Gasteiger partial charge is 0.305 e. The first-order chi connectivity index (χ1) is 66.4. The molecule has 0 aromatic heterocycles. The number of amides is 1. The molecule has 20 aliphatic carbocycles. The van der Waals surface area contributed by atoms with E-state index in [9.17, 15) is 54.0 Å². The molecule has 0 aliphatic heterocycles. The van der Waals surface area contributed by atoms with E-state index in [1.54, 1.807) is 0 Å². The number of benzene rings is 1. The molecule has 19 saturated carbocycles. The van der Waals surface area contributed by atoms with Crippen LogP contribution in [0, 0.1) is 202 Å². The zero-order valence-electron chi connectivity index (χ0n) is 91.3. The number of carbonyl (C=O) groups is 7. The summed E-state index contributed by atoms with van der Waals surface area (Å²) in [6, 6.07) is 8.20. The number of rotatable bonds is 16. The molecule has 1 aromatic rings. The Labute approximate surface area is 847 Å². The normalized spacial score (nSPS) is 47.4. The van der Waals surface area contributed by atoms with Gasteiger partial charge in [-0.25, -0.2) is 0 Å². The summed E-state index contributed by atoms with van der Waals surface area (Å²) in [5, 5.41) is 45.2. The summed E-state index contributed by atoms with van der Waals surface area (Å²) >= 11 is 0. The van der Waals surface area contributed by atoms with Gasteiger partial charge < -0.3 is 44.9 Å². The Morgan fingerprint density at radius 3 is 1.41 bits per heavy atom. The van der Waals surface area contributed by atoms with Crippen molar-refractivity contribution in [3.8, 4) is 0 Å². The highest BCUT2D eigenvalue weighted by Gasteiger charge is 2.69. The maximum absolute atomic E-state index is 13.4. The van der Waals surface area contributed by atoms with Gasteiger partial charge in [0.25, 0.3) is 5.91 Å². The molecule has 16 heteroatoms. The van der Waals surface area contributed by atoms with Crippen LogP contribution in [-0.4, -0.2) is 126 Å². The number of aliphatic hydroxyl groups excluding tert-OH is 4. The van der Waals surface area contributed by atoms with Crippen molar-refractivity contribution in [2.75, 3.05) is 33.2 Å². The van der Waals surface area contributed by atoms with Crippen LogP contribution in [0.2, 0.25) is 0 Å². The van der Waals surface area contributed by atoms with E-state index < -0.39 is 0 Å². The predicted molar refractivity (Wildman–Crippen MR) is 556 cm³/mol. The van der Waals surface area contributed by atoms with Crippen LogP contribution in [0.1, 0.15) is 429 Å². The SMILES string of the molecule is CCC(=O)OC1CCC2C3CC[C@@H]4CC(=O)CCC4(C)C3CCC12C.CCCC(C)C1CCC2C3CC[C@@H]4CC(=O)CCC4(C)C3CCC12C.CN(C)c1ccc(C(=O)NC2CCC3C4CC=C5CC(O)CCC5(C)C4CCC23C)cc1.COC(=O)CCC(C)C1CCC2C3C(=O)C[C@@H]4C[C@H](O)CCC4(C)C3CCC12C.COC(=O)CCC(C)C1CCC2C3C[C@H](O)[C@@H]4C[C@H](O)CCC4(C)C3CCC12C. The molecule has 41 atom stereocenters. The van der Waals surface area contributed by atoms with E-state index in [1.165, 1.54) is 174 Å². The van der Waals surface area contributed by atoms with Crippen molar-refractivity contribution in [1.29, 1.82) is 0 Å². The first kappa shape index (κ1) is 107. The number of hydrogen-bond donors (Lipinski definition) is 5. The minimum Gasteiger partial charge on any atom is -0.469 e. The quantitative estimate of drug-likeness (QED) is 0.0587. The lowest BCUT2D eigenvalue weighted by Crippen LogP contribution is -2.58. The summed E-state index contributed by atoms with van der Waals surface area (Å²) < 4.78 is 15.6. The van der Waals surface area contributed by atoms with Crippen LogP contribution in [0.4, 0.5) is 5.69 Å². The van der Waals surface area contributed by atoms with Crippen molar-refractivity contribution in [1.82, 2.24) is 5.32 Å². The molecule has 140 heavy (non-hydrogen) atoms. The Morgan fingerprint density at radius 2 is 0.850 bits per heavy atom. The predicted octanol–water partition coefficient (Wildman–Crippen LogP) is 26.1. The van der Waals surface area contributed by atoms with Gasteiger partial charge in [0.15, 0.2) is 0 Å². The van der Waals surface area contributed by atoms with Crippen molar-refractivity contribution in [2.45, 2.75) is 455 Å². The number of hydrogen-bond acceptors (Lipinski definition) is 15. The van der Waals surface area contributed by atoms with Gasteiger partial charge in [-0.2, -0.15) is 0 Å². The highest BCUT2D eigenvalue weighted by atomic mass is 16.5. The molecular formula is C124H196N2O14. The minimum absolute atomic E-state index is 0.0320. The number of aliphatic hydroxyl groups is 4. The van der Waals surface area contributed by atoms with Gasteiger partial charge in [-0.15, -0.1) is 0 Å². The fourth-order valence-electron chi connectivity index (χ4n) is 41.6. The van der Waals surface area contributed by atoms with E-state index in [2.05, 4.69) is 113 Å². The Bertz CT molecular complexity index is 4580. The molecule has 0 saturated heterocycles. The number of nitrogens with one attached hydrogen (secondary N) is 1. The molecule has 0 spiro atoms. The van der Waals surface area contributed by atoms with Crippen molar-refractivity contribution in [2.24, 2.45) is 202 Å². The number of esters is 3. The lowest BCUT2D eigenvalue weighted by molar-refractivity contribution is -0.172. The fraction of sp³-hybridized carbons (Fsp3) is 0.879. The summed E-state index contributed by atoms with van der Waals surface area (Å²) in [6.07, 6.45) is 55.4. The molecule has 5 N–H and O–H groups in total. The van der Waals surface area contributed by atoms with Crippen LogP contribution in [0.5, 0.6) is 0 Å². The molecule has 0 heterocycles. The molecule has 19 fully saturated rings. The standard InChI is InChI=1S/C28H40N2O2.C25H40O4.C25H42O4.C24H40O.C22H34O3/c1-27-15-13-21(31)17-19(27)7-10-22-23-11-12-25(28(23,2)16-14-24(22)27)29-26(32)18-5-8-20(9-6-18)30(3)4;1-15(5-8-22(28)29-4)18-6-7-19-23-20(10-12-25(18,19)3)24(2)11-9-17(26)13-16(24)14-21(23)27;1-15(5-8-23(28)29-4)18-6-7-19-17-14-22(27)21-13-16(26)9-11-25(21,3)20(17)10-12-24(18,19)2;1-5-6-16(2)20-9-10-21-19-8-7-17-15-18(25)11-13-23(17,3)22(19)12-14-24(20,21)4;1-4-20(24)25-19-8-7-17-16-6-5-14-13-15(23)9-11-21(14,2)18(16)10-12-22(17,19)3/h5-9,21-25,31H,10-17H2,1-4H3,(H,29,32);15-20,23,26H,5-14H2,1-4H3;15-22,26-27H,5-14H2,1-4H3;16-17,19-22H,5-15H2,1-4H3;14,16-19H,4-13H2,1-3H3/t;15?,16-,17+,18?,19?,20?,23?,24?,25?;15?,16-,17?,18?,19?,20?,21+,22+,24?,25?;16?,17-,19?,20?,21?,22?,23?,24?;14-,16?,17?,18?,19?,21?,22?/m.0111/s1. The molecule has 1 amide bonds. The van der Waals surface area contributed by atoms with Gasteiger partial charge >= 0.3 is 17.9 Å². The summed E-state index contributed by atoms with van der Waals surface area (Å²) in [5.41, 5.74) is 6.50. The van der Waals surface area contributed by atoms with Crippen molar-refractivity contribution < 1.29 is 68.2 Å². The van der Waals surface area contributed by atoms with Gasteiger partial charge in [0.1, 0.15) is 23.5 Å². The van der Waals surface area contributed by atoms with Crippen molar-refractivity contribution in [3.05, 3.63) is 41.5 Å². The van der Waals surface area contributed by atoms with Crippen molar-refractivity contribution >= 4 is 46.9 Å². The zero-order chi connectivity index (χ0) is 100. The molecular weight excluding hydrogens is 1740 g/mol. The topological polar surface area (TPSA) is 243 Å². The Morgan fingerprint density at radius 1 is 0.407 bits per heavy atom. The Hall–Kier alpha value is -4.51. The number of anilines is 1. The van der Waals surface area contributed by atoms with E-state index in [1.807, 2.05) is 45.3 Å². The third-order valence-electron chi connectivity index (χ3n) is 49.6. The maximum atomic E-state index is 13.4. The van der Waals surface area contributed by atoms with E-state index in [0.29, 0.717) is 148 Å². The number of allylic oxidation sites excluding steroid dienone is 1. The number of nitrogens with zero attached hydrogens (tertiary/aromatic N) is 1. The number of fused-ring (bicyclic) bond motifs is 25. The minimum atomic E-state index is -0.255. The van der Waals surface area contributed by atoms with E-state index in [0.717, 1.165) is 199 Å². The van der Waals surface area contributed by atoms with Crippen LogP contribution in [0.3, 0.4) is 0 Å². The van der Waals surface area contributed by atoms with Crippen LogP contribution in [-0.2, 0) is 43.0 Å². The second-order valence-corrected chi connectivity index (χ2v) is 55.4. The highest BCUT2D eigenvalue weighted by molar-refractivity contribution is 5.95. The average molecular weight is 1940 g/mol. The van der Waals surface area contributed by atoms with Crippen LogP contribution < -0.4 is 10.2 Å². The second-order valence-electron chi connectivity index (χ2n) is 55.4. The van der Waals surface area contributed by atoms with Gasteiger partial charge in [0, 0.05) is 94.1 Å². The summed E-state index contributed by atoms with van der Waals surface area (Å²) in [6.45, 7) is 36.3. The lowest BCUT2D eigenvalue weighted by Gasteiger charge is -2.62. The van der Waals surface area contributed by atoms with Gasteiger partial charge in [0.2, 0.25) is 0 Å². The van der Waals surface area contributed by atoms with Crippen LogP contribution in [0.15, 0.2) is 35.9 Å². The van der Waals surface area contributed by atoms with Gasteiger partial charge in [-0.05, 0) is 465 Å². The molecule has 0 radical (unpaired) electrons. The largest absolute Gasteiger partial charge is 0.469 e. The second kappa shape index (κ2) is 41.8. The number of ether oxygens (including phenoxy) is 3. The average Bonchev–Trinajstić information content (AvgIpc) is 1.44. The summed E-state index contributed by atoms with van der Waals surface area (Å²) in [5.74, 6) is 18.1. The molecule has 0 bridgehead atoms. The Kier molecular flexibility index (Phi) is 31.9. The third-order valence-corrected chi connectivity index (χ3v) is 49.6. The number of ketones is 3. The molecule has 34 unspecified atom stereocenters. The number of carbonyl (C=O) groups excluding carboxylic acids is 7. The lowest BCUT2D eigenvalue weighted by atomic mass is 9.44.